The maximum Gasteiger partial charge on any atom is 0.317 e. The fourth-order valence-electron chi connectivity index (χ4n) is 3.75. The number of para-hydroxylation sites is 1. The van der Waals surface area contributed by atoms with E-state index in [0.29, 0.717) is 12.6 Å². The molecule has 1 aromatic heterocycles. The van der Waals surface area contributed by atoms with Crippen molar-refractivity contribution in [1.82, 2.24) is 15.2 Å². The van der Waals surface area contributed by atoms with Crippen LogP contribution in [-0.4, -0.2) is 35.0 Å². The molecule has 124 valence electrons. The van der Waals surface area contributed by atoms with Gasteiger partial charge in [-0.05, 0) is 50.7 Å². The Labute approximate surface area is 138 Å². The molecule has 0 saturated carbocycles. The van der Waals surface area contributed by atoms with Crippen LogP contribution in [0.4, 0.5) is 4.79 Å². The first-order valence-corrected chi connectivity index (χ1v) is 8.81. The number of carbonyl (C=O) groups excluding carboxylic acids is 1. The van der Waals surface area contributed by atoms with E-state index in [-0.39, 0.29) is 6.03 Å². The van der Waals surface area contributed by atoms with E-state index in [1.54, 1.807) is 0 Å². The molecule has 1 aromatic carbocycles. The number of urea groups is 1. The summed E-state index contributed by atoms with van der Waals surface area (Å²) in [6.45, 7) is 5.87. The Balaban J connectivity index is 1.60. The first kappa shape index (κ1) is 15.9. The number of aromatic nitrogens is 1. The highest BCUT2D eigenvalue weighted by Gasteiger charge is 2.24. The van der Waals surface area contributed by atoms with Crippen LogP contribution >= 0.6 is 0 Å². The van der Waals surface area contributed by atoms with Crippen molar-refractivity contribution in [3.63, 3.8) is 0 Å². The van der Waals surface area contributed by atoms with Crippen molar-refractivity contribution in [2.24, 2.45) is 0 Å². The van der Waals surface area contributed by atoms with Gasteiger partial charge in [0.15, 0.2) is 0 Å². The van der Waals surface area contributed by atoms with Gasteiger partial charge in [0.05, 0.1) is 0 Å². The van der Waals surface area contributed by atoms with Gasteiger partial charge in [-0.2, -0.15) is 0 Å². The Bertz CT molecular complexity index is 676. The molecular weight excluding hydrogens is 286 g/mol. The number of aromatic amines is 1. The molecule has 1 unspecified atom stereocenters. The minimum atomic E-state index is 0.106. The Hall–Kier alpha value is -1.97. The largest absolute Gasteiger partial charge is 0.358 e. The number of rotatable bonds is 4. The number of nitrogens with zero attached hydrogens (tertiary/aromatic N) is 1. The number of hydrogen-bond donors (Lipinski definition) is 2. The third-order valence-electron chi connectivity index (χ3n) is 5.04. The predicted octanol–water partition coefficient (Wildman–Crippen LogP) is 3.99. The standard InChI is InChI=1S/C19H27N3O/c1-3-15-8-6-7-13-22(15)19(23)20-12-11-16-14(2)21-18-10-5-4-9-17(16)18/h4-5,9-10,15,21H,3,6-8,11-13H2,1-2H3,(H,20,23). The van der Waals surface area contributed by atoms with E-state index in [0.717, 1.165) is 32.2 Å². The van der Waals surface area contributed by atoms with Crippen molar-refractivity contribution in [2.45, 2.75) is 52.0 Å². The second-order valence-electron chi connectivity index (χ2n) is 6.51. The van der Waals surface area contributed by atoms with Crippen LogP contribution in [0.2, 0.25) is 0 Å². The summed E-state index contributed by atoms with van der Waals surface area (Å²) in [6.07, 6.45) is 5.44. The van der Waals surface area contributed by atoms with Crippen LogP contribution in [0.25, 0.3) is 10.9 Å². The lowest BCUT2D eigenvalue weighted by molar-refractivity contribution is 0.149. The van der Waals surface area contributed by atoms with Gasteiger partial charge in [-0.15, -0.1) is 0 Å². The molecule has 1 atom stereocenters. The van der Waals surface area contributed by atoms with Gasteiger partial charge < -0.3 is 15.2 Å². The summed E-state index contributed by atoms with van der Waals surface area (Å²) in [5.74, 6) is 0. The summed E-state index contributed by atoms with van der Waals surface area (Å²) in [7, 11) is 0. The lowest BCUT2D eigenvalue weighted by atomic mass is 10.0. The molecule has 2 N–H and O–H groups in total. The first-order chi connectivity index (χ1) is 11.2. The van der Waals surface area contributed by atoms with Crippen LogP contribution in [0, 0.1) is 6.92 Å². The molecule has 0 bridgehead atoms. The molecule has 4 nitrogen and oxygen atoms in total. The van der Waals surface area contributed by atoms with Gasteiger partial charge in [0.25, 0.3) is 0 Å². The van der Waals surface area contributed by atoms with E-state index < -0.39 is 0 Å². The minimum absolute atomic E-state index is 0.106. The second-order valence-corrected chi connectivity index (χ2v) is 6.51. The van der Waals surface area contributed by atoms with Crippen LogP contribution < -0.4 is 5.32 Å². The lowest BCUT2D eigenvalue weighted by Gasteiger charge is -2.35. The Morgan fingerprint density at radius 3 is 3.00 bits per heavy atom. The Morgan fingerprint density at radius 2 is 2.17 bits per heavy atom. The fourth-order valence-corrected chi connectivity index (χ4v) is 3.75. The van der Waals surface area contributed by atoms with Gasteiger partial charge in [-0.3, -0.25) is 0 Å². The Kier molecular flexibility index (Phi) is 4.89. The number of carbonyl (C=O) groups is 1. The maximum atomic E-state index is 12.5. The second kappa shape index (κ2) is 7.07. The predicted molar refractivity (Wildman–Crippen MR) is 94.8 cm³/mol. The van der Waals surface area contributed by atoms with E-state index in [1.165, 1.54) is 28.6 Å². The summed E-state index contributed by atoms with van der Waals surface area (Å²) >= 11 is 0. The van der Waals surface area contributed by atoms with Gasteiger partial charge in [-0.25, -0.2) is 4.79 Å². The maximum absolute atomic E-state index is 12.5. The highest BCUT2D eigenvalue weighted by Crippen LogP contribution is 2.22. The third-order valence-corrected chi connectivity index (χ3v) is 5.04. The molecular formula is C19H27N3O. The van der Waals surface area contributed by atoms with Crippen LogP contribution in [0.15, 0.2) is 24.3 Å². The topological polar surface area (TPSA) is 48.1 Å². The molecule has 1 aliphatic rings. The lowest BCUT2D eigenvalue weighted by Crippen LogP contribution is -2.48. The molecule has 2 aromatic rings. The smallest absolute Gasteiger partial charge is 0.317 e. The number of likely N-dealkylation sites (tertiary alicyclic amines) is 1. The molecule has 0 spiro atoms. The van der Waals surface area contributed by atoms with Crippen LogP contribution in [0.5, 0.6) is 0 Å². The van der Waals surface area contributed by atoms with Gasteiger partial charge in [0.1, 0.15) is 0 Å². The number of H-pyrrole nitrogens is 1. The van der Waals surface area contributed by atoms with E-state index in [4.69, 9.17) is 0 Å². The number of hydrogen-bond acceptors (Lipinski definition) is 1. The van der Waals surface area contributed by atoms with Crippen molar-refractivity contribution >= 4 is 16.9 Å². The molecule has 1 saturated heterocycles. The van der Waals surface area contributed by atoms with Gasteiger partial charge >= 0.3 is 6.03 Å². The minimum Gasteiger partial charge on any atom is -0.358 e. The highest BCUT2D eigenvalue weighted by molar-refractivity contribution is 5.84. The van der Waals surface area contributed by atoms with E-state index in [1.807, 2.05) is 11.0 Å². The van der Waals surface area contributed by atoms with Crippen molar-refractivity contribution in [3.05, 3.63) is 35.5 Å². The number of benzene rings is 1. The summed E-state index contributed by atoms with van der Waals surface area (Å²) in [4.78, 5) is 17.9. The van der Waals surface area contributed by atoms with E-state index in [9.17, 15) is 4.79 Å². The van der Waals surface area contributed by atoms with Crippen molar-refractivity contribution in [3.8, 4) is 0 Å². The quantitative estimate of drug-likeness (QED) is 0.881. The summed E-state index contributed by atoms with van der Waals surface area (Å²) in [5, 5.41) is 4.39. The molecule has 0 aliphatic carbocycles. The summed E-state index contributed by atoms with van der Waals surface area (Å²) in [6, 6.07) is 8.88. The first-order valence-electron chi connectivity index (χ1n) is 8.81. The molecule has 4 heteroatoms. The number of aryl methyl sites for hydroxylation is 1. The zero-order valence-electron chi connectivity index (χ0n) is 14.2. The molecule has 2 amide bonds. The molecule has 23 heavy (non-hydrogen) atoms. The van der Waals surface area contributed by atoms with Gasteiger partial charge in [0.2, 0.25) is 0 Å². The van der Waals surface area contributed by atoms with Crippen molar-refractivity contribution < 1.29 is 4.79 Å². The zero-order chi connectivity index (χ0) is 16.2. The molecule has 2 heterocycles. The summed E-state index contributed by atoms with van der Waals surface area (Å²) in [5.41, 5.74) is 3.69. The van der Waals surface area contributed by atoms with E-state index >= 15 is 0 Å². The molecule has 1 fully saturated rings. The average Bonchev–Trinajstić information content (AvgIpc) is 2.90. The van der Waals surface area contributed by atoms with Crippen molar-refractivity contribution in [2.75, 3.05) is 13.1 Å². The fraction of sp³-hybridized carbons (Fsp3) is 0.526. The molecule has 3 rings (SSSR count). The monoisotopic (exact) mass is 313 g/mol. The van der Waals surface area contributed by atoms with Gasteiger partial charge in [0, 0.05) is 35.7 Å². The number of fused-ring (bicyclic) bond motifs is 1. The number of amides is 2. The van der Waals surface area contributed by atoms with E-state index in [2.05, 4.69) is 42.3 Å². The van der Waals surface area contributed by atoms with Crippen LogP contribution in [-0.2, 0) is 6.42 Å². The molecule has 1 aliphatic heterocycles. The van der Waals surface area contributed by atoms with Crippen LogP contribution in [0.1, 0.15) is 43.9 Å². The third kappa shape index (κ3) is 3.36. The van der Waals surface area contributed by atoms with Crippen molar-refractivity contribution in [1.29, 1.82) is 0 Å². The zero-order valence-corrected chi connectivity index (χ0v) is 14.2. The van der Waals surface area contributed by atoms with Gasteiger partial charge in [-0.1, -0.05) is 25.1 Å². The van der Waals surface area contributed by atoms with Crippen LogP contribution in [0.3, 0.4) is 0 Å². The number of piperidine rings is 1. The highest BCUT2D eigenvalue weighted by atomic mass is 16.2. The summed E-state index contributed by atoms with van der Waals surface area (Å²) < 4.78 is 0. The average molecular weight is 313 g/mol. The SMILES string of the molecule is CCC1CCCCN1C(=O)NCCc1c(C)[nH]c2ccccc12. The molecule has 0 radical (unpaired) electrons. The normalized spacial score (nSPS) is 18.3. The Morgan fingerprint density at radius 1 is 1.35 bits per heavy atom. The number of nitrogens with one attached hydrogen (secondary N) is 2.